The molecule has 0 unspecified atom stereocenters. The molecule has 2 aliphatic rings. The average Bonchev–Trinajstić information content (AvgIpc) is 2.96. The molecule has 4 heterocycles. The van der Waals surface area contributed by atoms with E-state index in [0.717, 1.165) is 5.65 Å². The summed E-state index contributed by atoms with van der Waals surface area (Å²) in [6.45, 7) is 0.391. The molecule has 2 aromatic rings. The van der Waals surface area contributed by atoms with Crippen LogP contribution in [0.2, 0.25) is 0 Å². The minimum absolute atomic E-state index is 0. The maximum Gasteiger partial charge on any atom is 0.352 e. The Labute approximate surface area is 159 Å². The molecule has 0 saturated carbocycles. The van der Waals surface area contributed by atoms with Crippen molar-refractivity contribution >= 4 is 41.7 Å². The molecule has 4 rings (SSSR count). The maximum absolute atomic E-state index is 11.9. The van der Waals surface area contributed by atoms with Crippen LogP contribution in [-0.2, 0) is 16.1 Å². The van der Waals surface area contributed by atoms with E-state index in [-0.39, 0.29) is 41.8 Å². The number of aliphatic carboxylic acids is 1. The van der Waals surface area contributed by atoms with Crippen LogP contribution in [0.5, 0.6) is 0 Å². The van der Waals surface area contributed by atoms with E-state index in [2.05, 4.69) is 5.10 Å². The van der Waals surface area contributed by atoms with Crippen molar-refractivity contribution in [3.8, 4) is 0 Å². The number of thioether (sulfide) groups is 1. The van der Waals surface area contributed by atoms with Crippen LogP contribution in [0.4, 0.5) is 0 Å². The first-order valence-corrected chi connectivity index (χ1v) is 8.10. The SMILES string of the molecule is Cl.N[C@@H]1C(=O)N2C(C(=O)O)=C(C[n+]3ccn4ncccc43)CS[C@H]12.[Cl-]. The second-order valence-corrected chi connectivity index (χ2v) is 6.55. The number of hydrogen-bond acceptors (Lipinski definition) is 5. The lowest BCUT2D eigenvalue weighted by molar-refractivity contribution is -0.662. The average molecular weight is 404 g/mol. The quantitative estimate of drug-likeness (QED) is 0.409. The fourth-order valence-corrected chi connectivity index (χ4v) is 4.26. The number of rotatable bonds is 3. The number of fused-ring (bicyclic) bond motifs is 2. The van der Waals surface area contributed by atoms with E-state index in [4.69, 9.17) is 5.73 Å². The summed E-state index contributed by atoms with van der Waals surface area (Å²) in [6, 6.07) is 3.11. The number of carboxylic acids is 1. The zero-order chi connectivity index (χ0) is 16.1. The summed E-state index contributed by atoms with van der Waals surface area (Å²) >= 11 is 1.50. The zero-order valence-corrected chi connectivity index (χ0v) is 15.2. The molecule has 134 valence electrons. The van der Waals surface area contributed by atoms with Crippen molar-refractivity contribution in [3.63, 3.8) is 0 Å². The predicted molar refractivity (Wildman–Crippen MR) is 88.4 cm³/mol. The smallest absolute Gasteiger partial charge is 0.352 e. The van der Waals surface area contributed by atoms with Crippen LogP contribution in [0, 0.1) is 0 Å². The number of carboxylic acid groups (broad SMARTS) is 1. The maximum atomic E-state index is 11.9. The number of aromatic nitrogens is 3. The summed E-state index contributed by atoms with van der Waals surface area (Å²) in [6.07, 6.45) is 5.33. The van der Waals surface area contributed by atoms with Gasteiger partial charge in [-0.3, -0.25) is 9.69 Å². The van der Waals surface area contributed by atoms with Gasteiger partial charge in [0.15, 0.2) is 6.20 Å². The number of halogens is 2. The van der Waals surface area contributed by atoms with Crippen LogP contribution in [0.1, 0.15) is 0 Å². The van der Waals surface area contributed by atoms with Crippen LogP contribution < -0.4 is 22.7 Å². The largest absolute Gasteiger partial charge is 1.00 e. The minimum atomic E-state index is -1.09. The second-order valence-electron chi connectivity index (χ2n) is 5.45. The molecule has 2 aliphatic heterocycles. The standard InChI is InChI=1S/C14H13N5O3S.2ClH/c15-10-12(20)19-11(14(21)22)8(7-23-13(10)19)6-17-4-5-18-9(17)2-1-3-16-18;;/h1-5,10,13H,6-7,15H2;2*1H/t10-,13-;;/m1../s1. The van der Waals surface area contributed by atoms with Gasteiger partial charge in [-0.1, -0.05) is 5.10 Å². The first kappa shape index (κ1) is 19.5. The van der Waals surface area contributed by atoms with Gasteiger partial charge in [-0.25, -0.2) is 9.36 Å². The summed E-state index contributed by atoms with van der Waals surface area (Å²) < 4.78 is 3.63. The summed E-state index contributed by atoms with van der Waals surface area (Å²) in [5, 5.41) is 13.5. The van der Waals surface area contributed by atoms with Crippen molar-refractivity contribution < 1.29 is 31.7 Å². The third-order valence-corrected chi connectivity index (χ3v) is 5.45. The lowest BCUT2D eigenvalue weighted by atomic mass is 10.0. The van der Waals surface area contributed by atoms with Crippen molar-refractivity contribution in [3.05, 3.63) is 42.0 Å². The first-order chi connectivity index (χ1) is 11.1. The number of nitrogens with two attached hydrogens (primary N) is 1. The lowest BCUT2D eigenvalue weighted by Gasteiger charge is -2.47. The van der Waals surface area contributed by atoms with Crippen molar-refractivity contribution in [1.82, 2.24) is 14.5 Å². The molecule has 2 aromatic heterocycles. The molecule has 0 radical (unpaired) electrons. The molecule has 11 heteroatoms. The van der Waals surface area contributed by atoms with E-state index in [1.165, 1.54) is 16.7 Å². The molecule has 1 amide bonds. The van der Waals surface area contributed by atoms with E-state index >= 15 is 0 Å². The minimum Gasteiger partial charge on any atom is -1.00 e. The monoisotopic (exact) mass is 403 g/mol. The summed E-state index contributed by atoms with van der Waals surface area (Å²) in [4.78, 5) is 24.9. The molecule has 1 saturated heterocycles. The Hall–Kier alpha value is -1.81. The Kier molecular flexibility index (Phi) is 5.62. The molecule has 0 spiro atoms. The Balaban J connectivity index is 0.00000113. The van der Waals surface area contributed by atoms with Gasteiger partial charge in [0.2, 0.25) is 5.91 Å². The van der Waals surface area contributed by atoms with Crippen LogP contribution in [0.3, 0.4) is 0 Å². The van der Waals surface area contributed by atoms with E-state index in [1.54, 1.807) is 16.9 Å². The van der Waals surface area contributed by atoms with Gasteiger partial charge in [0, 0.05) is 17.4 Å². The highest BCUT2D eigenvalue weighted by atomic mass is 35.5. The van der Waals surface area contributed by atoms with E-state index < -0.39 is 12.0 Å². The molecular formula is C14H15Cl2N5O3S. The first-order valence-electron chi connectivity index (χ1n) is 7.05. The van der Waals surface area contributed by atoms with Gasteiger partial charge < -0.3 is 23.2 Å². The second kappa shape index (κ2) is 7.20. The Morgan fingerprint density at radius 1 is 1.52 bits per heavy atom. The zero-order valence-electron chi connectivity index (χ0n) is 12.8. The number of carbonyl (C=O) groups excluding carboxylic acids is 1. The summed E-state index contributed by atoms with van der Waals surface area (Å²) in [7, 11) is 0. The molecule has 0 bridgehead atoms. The number of imidazole rings is 1. The van der Waals surface area contributed by atoms with Crippen LogP contribution in [0.25, 0.3) is 5.65 Å². The van der Waals surface area contributed by atoms with Gasteiger partial charge in [-0.05, 0) is 6.07 Å². The van der Waals surface area contributed by atoms with Gasteiger partial charge in [0.25, 0.3) is 0 Å². The normalized spacial score (nSPS) is 22.0. The third kappa shape index (κ3) is 2.97. The van der Waals surface area contributed by atoms with E-state index in [9.17, 15) is 14.7 Å². The molecule has 3 N–H and O–H groups in total. The molecule has 2 atom stereocenters. The third-order valence-electron chi connectivity index (χ3n) is 4.09. The lowest BCUT2D eigenvalue weighted by Crippen LogP contribution is -3.00. The van der Waals surface area contributed by atoms with Crippen LogP contribution in [-0.4, -0.2) is 48.7 Å². The van der Waals surface area contributed by atoms with Gasteiger partial charge >= 0.3 is 11.6 Å². The van der Waals surface area contributed by atoms with E-state index in [0.29, 0.717) is 17.9 Å². The Morgan fingerprint density at radius 3 is 3.00 bits per heavy atom. The molecule has 0 aromatic carbocycles. The Morgan fingerprint density at radius 2 is 2.28 bits per heavy atom. The van der Waals surface area contributed by atoms with Gasteiger partial charge in [0.05, 0.1) is 6.20 Å². The molecule has 8 nitrogen and oxygen atoms in total. The van der Waals surface area contributed by atoms with Gasteiger partial charge in [-0.15, -0.1) is 28.7 Å². The predicted octanol–water partition coefficient (Wildman–Crippen LogP) is -3.37. The summed E-state index contributed by atoms with van der Waals surface area (Å²) in [5.41, 5.74) is 7.36. The molecule has 25 heavy (non-hydrogen) atoms. The fourth-order valence-electron chi connectivity index (χ4n) is 2.98. The highest BCUT2D eigenvalue weighted by Gasteiger charge is 2.51. The fraction of sp³-hybridized carbons (Fsp3) is 0.286. The van der Waals surface area contributed by atoms with Crippen molar-refractivity contribution in [1.29, 1.82) is 0 Å². The number of carbonyl (C=O) groups is 2. The number of β-lactam (4-membered cyclic amide) rings is 1. The van der Waals surface area contributed by atoms with E-state index in [1.807, 2.05) is 22.9 Å². The van der Waals surface area contributed by atoms with Gasteiger partial charge in [-0.2, -0.15) is 0 Å². The summed E-state index contributed by atoms with van der Waals surface area (Å²) in [5.74, 6) is -0.882. The van der Waals surface area contributed by atoms with Crippen LogP contribution in [0.15, 0.2) is 42.0 Å². The van der Waals surface area contributed by atoms with Gasteiger partial charge in [0.1, 0.15) is 29.9 Å². The number of amides is 1. The topological polar surface area (TPSA) is 105 Å². The molecule has 1 fully saturated rings. The Bertz CT molecular complexity index is 871. The van der Waals surface area contributed by atoms with Crippen molar-refractivity contribution in [2.75, 3.05) is 5.75 Å². The number of hydrogen-bond donors (Lipinski definition) is 2. The van der Waals surface area contributed by atoms with Crippen LogP contribution >= 0.6 is 24.2 Å². The van der Waals surface area contributed by atoms with Crippen molar-refractivity contribution in [2.45, 2.75) is 18.0 Å². The van der Waals surface area contributed by atoms with Crippen molar-refractivity contribution in [2.24, 2.45) is 5.73 Å². The molecular weight excluding hydrogens is 389 g/mol. The highest BCUT2D eigenvalue weighted by molar-refractivity contribution is 8.00. The highest BCUT2D eigenvalue weighted by Crippen LogP contribution is 2.39. The molecule has 0 aliphatic carbocycles. The number of nitrogens with zero attached hydrogens (tertiary/aromatic N) is 4.